The van der Waals surface area contributed by atoms with Crippen molar-refractivity contribution in [3.63, 3.8) is 0 Å². The van der Waals surface area contributed by atoms with Crippen LogP contribution in [0.2, 0.25) is 5.02 Å². The van der Waals surface area contributed by atoms with Crippen molar-refractivity contribution >= 4 is 11.6 Å². The Morgan fingerprint density at radius 1 is 1.42 bits per heavy atom. The molecule has 12 heavy (non-hydrogen) atoms. The number of phenols is 1. The van der Waals surface area contributed by atoms with Crippen molar-refractivity contribution in [2.24, 2.45) is 0 Å². The van der Waals surface area contributed by atoms with E-state index in [-0.39, 0.29) is 0 Å². The number of rotatable bonds is 1. The highest BCUT2D eigenvalue weighted by Crippen LogP contribution is 2.29. The number of aliphatic hydroxyl groups excluding tert-OH is 1. The number of hydrogen-bond donors (Lipinski definition) is 2. The van der Waals surface area contributed by atoms with E-state index in [1.165, 1.54) is 0 Å². The van der Waals surface area contributed by atoms with Gasteiger partial charge in [0.1, 0.15) is 16.6 Å². The number of benzene rings is 1. The van der Waals surface area contributed by atoms with Gasteiger partial charge in [0, 0.05) is 6.07 Å². The van der Waals surface area contributed by atoms with E-state index in [2.05, 4.69) is 0 Å². The molecule has 0 unspecified atom stereocenters. The fourth-order valence-electron chi connectivity index (χ4n) is 0.771. The Bertz CT molecular complexity index is 315. The summed E-state index contributed by atoms with van der Waals surface area (Å²) in [6, 6.07) is 0.650. The third kappa shape index (κ3) is 1.35. The van der Waals surface area contributed by atoms with Gasteiger partial charge in [-0.2, -0.15) is 0 Å². The summed E-state index contributed by atoms with van der Waals surface area (Å²) >= 11 is 5.16. The van der Waals surface area contributed by atoms with Crippen LogP contribution in [0.25, 0.3) is 0 Å². The van der Waals surface area contributed by atoms with E-state index in [4.69, 9.17) is 21.8 Å². The number of halogens is 3. The first-order valence-corrected chi connectivity index (χ1v) is 3.42. The van der Waals surface area contributed by atoms with Crippen LogP contribution in [0.1, 0.15) is 5.56 Å². The minimum atomic E-state index is -1.13. The summed E-state index contributed by atoms with van der Waals surface area (Å²) < 4.78 is 25.4. The molecule has 0 spiro atoms. The molecule has 2 N–H and O–H groups in total. The van der Waals surface area contributed by atoms with Crippen LogP contribution in [0, 0.1) is 11.6 Å². The van der Waals surface area contributed by atoms with Gasteiger partial charge in [0.25, 0.3) is 0 Å². The first-order valence-electron chi connectivity index (χ1n) is 3.04. The lowest BCUT2D eigenvalue weighted by Gasteiger charge is -2.04. The summed E-state index contributed by atoms with van der Waals surface area (Å²) in [5.41, 5.74) is -0.401. The fraction of sp³-hybridized carbons (Fsp3) is 0.143. The Balaban J connectivity index is 3.40. The predicted molar refractivity (Wildman–Crippen MR) is 39.0 cm³/mol. The molecule has 0 aromatic heterocycles. The van der Waals surface area contributed by atoms with Gasteiger partial charge in [-0.25, -0.2) is 8.78 Å². The molecule has 0 aliphatic rings. The molecule has 0 bridgehead atoms. The van der Waals surface area contributed by atoms with E-state index in [0.717, 1.165) is 0 Å². The molecule has 1 aromatic carbocycles. The van der Waals surface area contributed by atoms with Gasteiger partial charge >= 0.3 is 0 Å². The quantitative estimate of drug-likeness (QED) is 0.670. The summed E-state index contributed by atoms with van der Waals surface area (Å²) in [7, 11) is 0. The van der Waals surface area contributed by atoms with Crippen molar-refractivity contribution in [3.05, 3.63) is 28.3 Å². The Morgan fingerprint density at radius 3 is 2.50 bits per heavy atom. The first-order chi connectivity index (χ1) is 5.57. The van der Waals surface area contributed by atoms with Crippen molar-refractivity contribution < 1.29 is 19.0 Å². The van der Waals surface area contributed by atoms with Crippen molar-refractivity contribution in [2.75, 3.05) is 0 Å². The molecule has 66 valence electrons. The van der Waals surface area contributed by atoms with E-state index in [9.17, 15) is 8.78 Å². The number of aliphatic hydroxyl groups is 1. The Kier molecular flexibility index (Phi) is 2.49. The van der Waals surface area contributed by atoms with Crippen molar-refractivity contribution in [1.29, 1.82) is 0 Å². The average Bonchev–Trinajstić information content (AvgIpc) is 2.01. The van der Waals surface area contributed by atoms with Crippen molar-refractivity contribution in [3.8, 4) is 5.75 Å². The molecule has 1 rings (SSSR count). The van der Waals surface area contributed by atoms with Gasteiger partial charge in [0.15, 0.2) is 5.82 Å². The molecular weight excluding hydrogens is 190 g/mol. The minimum Gasteiger partial charge on any atom is -0.507 e. The topological polar surface area (TPSA) is 40.5 Å². The van der Waals surface area contributed by atoms with Gasteiger partial charge in [-0.1, -0.05) is 11.6 Å². The average molecular weight is 195 g/mol. The lowest BCUT2D eigenvalue weighted by molar-refractivity contribution is 0.268. The normalized spacial score (nSPS) is 10.3. The van der Waals surface area contributed by atoms with Crippen molar-refractivity contribution in [2.45, 2.75) is 6.61 Å². The molecule has 0 aliphatic heterocycles. The summed E-state index contributed by atoms with van der Waals surface area (Å²) in [4.78, 5) is 0. The summed E-state index contributed by atoms with van der Waals surface area (Å²) in [5.74, 6) is -2.82. The molecular formula is C7H5ClF2O2. The van der Waals surface area contributed by atoms with Gasteiger partial charge < -0.3 is 10.2 Å². The summed E-state index contributed by atoms with van der Waals surface area (Å²) in [6.07, 6.45) is 0. The molecule has 0 saturated carbocycles. The standard InChI is InChI=1S/C7H5ClF2O2/c8-6-4(9)1-5(12)3(2-11)7(6)10/h1,11-12H,2H2. The first kappa shape index (κ1) is 9.22. The second-order valence-corrected chi connectivity index (χ2v) is 2.52. The molecule has 1 aromatic rings. The van der Waals surface area contributed by atoms with Gasteiger partial charge in [0.05, 0.1) is 12.2 Å². The third-order valence-electron chi connectivity index (χ3n) is 1.40. The van der Waals surface area contributed by atoms with Crippen LogP contribution in [-0.2, 0) is 6.61 Å². The Hall–Kier alpha value is -0.870. The van der Waals surface area contributed by atoms with E-state index in [0.29, 0.717) is 6.07 Å². The largest absolute Gasteiger partial charge is 0.507 e. The molecule has 0 fully saturated rings. The zero-order chi connectivity index (χ0) is 9.30. The molecule has 0 atom stereocenters. The fourth-order valence-corrected chi connectivity index (χ4v) is 0.939. The van der Waals surface area contributed by atoms with Crippen LogP contribution in [-0.4, -0.2) is 10.2 Å². The van der Waals surface area contributed by atoms with Gasteiger partial charge in [0.2, 0.25) is 0 Å². The lowest BCUT2D eigenvalue weighted by atomic mass is 10.2. The number of aromatic hydroxyl groups is 1. The molecule has 0 heterocycles. The minimum absolute atomic E-state index is 0.401. The maximum Gasteiger partial charge on any atom is 0.153 e. The molecule has 0 aliphatic carbocycles. The molecule has 2 nitrogen and oxygen atoms in total. The molecule has 0 saturated heterocycles. The Morgan fingerprint density at radius 2 is 2.00 bits per heavy atom. The van der Waals surface area contributed by atoms with Crippen LogP contribution in [0.4, 0.5) is 8.78 Å². The maximum absolute atomic E-state index is 12.8. The van der Waals surface area contributed by atoms with Crippen molar-refractivity contribution in [1.82, 2.24) is 0 Å². The number of hydrogen-bond acceptors (Lipinski definition) is 2. The monoisotopic (exact) mass is 194 g/mol. The smallest absolute Gasteiger partial charge is 0.153 e. The van der Waals surface area contributed by atoms with E-state index < -0.39 is 34.6 Å². The highest BCUT2D eigenvalue weighted by Gasteiger charge is 2.15. The van der Waals surface area contributed by atoms with Crippen LogP contribution >= 0.6 is 11.6 Å². The van der Waals surface area contributed by atoms with Gasteiger partial charge in [-0.05, 0) is 0 Å². The Labute approximate surface area is 72.0 Å². The van der Waals surface area contributed by atoms with Crippen LogP contribution in [0.3, 0.4) is 0 Å². The van der Waals surface area contributed by atoms with Crippen LogP contribution in [0.5, 0.6) is 5.75 Å². The highest BCUT2D eigenvalue weighted by molar-refractivity contribution is 6.31. The van der Waals surface area contributed by atoms with E-state index >= 15 is 0 Å². The van der Waals surface area contributed by atoms with Crippen LogP contribution in [0.15, 0.2) is 6.07 Å². The SMILES string of the molecule is OCc1c(O)cc(F)c(Cl)c1F. The predicted octanol–water partition coefficient (Wildman–Crippen LogP) is 1.82. The second kappa shape index (κ2) is 3.25. The third-order valence-corrected chi connectivity index (χ3v) is 1.74. The van der Waals surface area contributed by atoms with Crippen LogP contribution < -0.4 is 0 Å². The van der Waals surface area contributed by atoms with Gasteiger partial charge in [-0.15, -0.1) is 0 Å². The molecule has 0 amide bonds. The maximum atomic E-state index is 12.8. The van der Waals surface area contributed by atoms with Gasteiger partial charge in [-0.3, -0.25) is 0 Å². The zero-order valence-electron chi connectivity index (χ0n) is 5.81. The molecule has 0 radical (unpaired) electrons. The molecule has 5 heteroatoms. The zero-order valence-corrected chi connectivity index (χ0v) is 6.57. The summed E-state index contributed by atoms with van der Waals surface area (Å²) in [6.45, 7) is -0.725. The van der Waals surface area contributed by atoms with E-state index in [1.807, 2.05) is 0 Å². The summed E-state index contributed by atoms with van der Waals surface area (Å²) in [5, 5.41) is 16.7. The van der Waals surface area contributed by atoms with E-state index in [1.54, 1.807) is 0 Å². The second-order valence-electron chi connectivity index (χ2n) is 2.14. The highest BCUT2D eigenvalue weighted by atomic mass is 35.5. The lowest BCUT2D eigenvalue weighted by Crippen LogP contribution is -1.94.